The molecule has 0 aromatic carbocycles. The van der Waals surface area contributed by atoms with Gasteiger partial charge in [-0.3, -0.25) is 4.79 Å². The van der Waals surface area contributed by atoms with Gasteiger partial charge in [-0.2, -0.15) is 0 Å². The SMILES string of the molecule is O=C(O)c1nccnc1NC(=O)c1sccc1Cl. The minimum atomic E-state index is -1.27. The molecule has 2 heterocycles. The summed E-state index contributed by atoms with van der Waals surface area (Å²) in [7, 11) is 0. The van der Waals surface area contributed by atoms with Crippen LogP contribution in [0.4, 0.5) is 5.82 Å². The highest BCUT2D eigenvalue weighted by Crippen LogP contribution is 2.23. The Labute approximate surface area is 110 Å². The van der Waals surface area contributed by atoms with Crippen molar-refractivity contribution < 1.29 is 14.7 Å². The second-order valence-corrected chi connectivity index (χ2v) is 4.43. The van der Waals surface area contributed by atoms with Crippen molar-refractivity contribution in [1.29, 1.82) is 0 Å². The van der Waals surface area contributed by atoms with Gasteiger partial charge in [0.2, 0.25) is 0 Å². The molecule has 0 aliphatic heterocycles. The maximum Gasteiger partial charge on any atom is 0.358 e. The monoisotopic (exact) mass is 283 g/mol. The summed E-state index contributed by atoms with van der Waals surface area (Å²) < 4.78 is 0. The average Bonchev–Trinajstić information content (AvgIpc) is 2.76. The lowest BCUT2D eigenvalue weighted by molar-refractivity contribution is 0.0691. The molecule has 1 amide bonds. The number of carbonyl (C=O) groups is 2. The molecular formula is C10H6ClN3O3S. The van der Waals surface area contributed by atoms with Gasteiger partial charge >= 0.3 is 5.97 Å². The van der Waals surface area contributed by atoms with E-state index in [0.717, 1.165) is 11.3 Å². The Hall–Kier alpha value is -1.99. The maximum atomic E-state index is 11.8. The van der Waals surface area contributed by atoms with Gasteiger partial charge in [-0.1, -0.05) is 11.6 Å². The van der Waals surface area contributed by atoms with Crippen LogP contribution >= 0.6 is 22.9 Å². The molecular weight excluding hydrogens is 278 g/mol. The van der Waals surface area contributed by atoms with Crippen LogP contribution in [0.3, 0.4) is 0 Å². The Kier molecular flexibility index (Phi) is 3.54. The molecule has 2 aromatic rings. The summed E-state index contributed by atoms with van der Waals surface area (Å²) in [4.78, 5) is 30.4. The molecule has 0 saturated heterocycles. The molecule has 18 heavy (non-hydrogen) atoms. The quantitative estimate of drug-likeness (QED) is 0.900. The number of halogens is 1. The number of rotatable bonds is 3. The molecule has 0 aliphatic rings. The van der Waals surface area contributed by atoms with Crippen molar-refractivity contribution in [2.45, 2.75) is 0 Å². The number of aromatic carboxylic acids is 1. The van der Waals surface area contributed by atoms with E-state index in [9.17, 15) is 9.59 Å². The molecule has 2 rings (SSSR count). The van der Waals surface area contributed by atoms with Crippen LogP contribution in [-0.4, -0.2) is 27.0 Å². The van der Waals surface area contributed by atoms with Crippen molar-refractivity contribution in [1.82, 2.24) is 9.97 Å². The molecule has 0 aliphatic carbocycles. The molecule has 0 unspecified atom stereocenters. The normalized spacial score (nSPS) is 10.1. The Morgan fingerprint density at radius 2 is 2.06 bits per heavy atom. The summed E-state index contributed by atoms with van der Waals surface area (Å²) in [5.74, 6) is -1.90. The lowest BCUT2D eigenvalue weighted by atomic mass is 10.3. The molecule has 0 atom stereocenters. The number of nitrogens with one attached hydrogen (secondary N) is 1. The minimum Gasteiger partial charge on any atom is -0.476 e. The number of carboxylic acids is 1. The zero-order valence-electron chi connectivity index (χ0n) is 8.75. The molecule has 8 heteroatoms. The second-order valence-electron chi connectivity index (χ2n) is 3.11. The fourth-order valence-corrected chi connectivity index (χ4v) is 2.24. The van der Waals surface area contributed by atoms with Crippen LogP contribution in [-0.2, 0) is 0 Å². The highest BCUT2D eigenvalue weighted by Gasteiger charge is 2.18. The molecule has 6 nitrogen and oxygen atoms in total. The van der Waals surface area contributed by atoms with Gasteiger partial charge in [0.25, 0.3) is 5.91 Å². The van der Waals surface area contributed by atoms with Crippen LogP contribution < -0.4 is 5.32 Å². The summed E-state index contributed by atoms with van der Waals surface area (Å²) >= 11 is 6.95. The Morgan fingerprint density at radius 1 is 1.33 bits per heavy atom. The fraction of sp³-hybridized carbons (Fsp3) is 0. The third-order valence-corrected chi connectivity index (χ3v) is 3.30. The zero-order valence-corrected chi connectivity index (χ0v) is 10.3. The number of carbonyl (C=O) groups excluding carboxylic acids is 1. The molecule has 0 spiro atoms. The third-order valence-electron chi connectivity index (χ3n) is 1.96. The predicted molar refractivity (Wildman–Crippen MR) is 66.3 cm³/mol. The number of hydrogen-bond donors (Lipinski definition) is 2. The van der Waals surface area contributed by atoms with Crippen LogP contribution in [0, 0.1) is 0 Å². The maximum absolute atomic E-state index is 11.8. The first-order chi connectivity index (χ1) is 8.59. The number of thiophene rings is 1. The second kappa shape index (κ2) is 5.11. The largest absolute Gasteiger partial charge is 0.476 e. The smallest absolute Gasteiger partial charge is 0.358 e. The Morgan fingerprint density at radius 3 is 2.67 bits per heavy atom. The summed E-state index contributed by atoms with van der Waals surface area (Å²) in [6.07, 6.45) is 2.52. The van der Waals surface area contributed by atoms with E-state index in [1.807, 2.05) is 0 Å². The fourth-order valence-electron chi connectivity index (χ4n) is 1.21. The summed E-state index contributed by atoms with van der Waals surface area (Å²) in [6, 6.07) is 1.58. The lowest BCUT2D eigenvalue weighted by Gasteiger charge is -2.05. The number of carboxylic acid groups (broad SMARTS) is 1. The van der Waals surface area contributed by atoms with Gasteiger partial charge in [-0.25, -0.2) is 14.8 Å². The Bertz CT molecular complexity index is 614. The number of anilines is 1. The first kappa shape index (κ1) is 12.5. The van der Waals surface area contributed by atoms with E-state index >= 15 is 0 Å². The van der Waals surface area contributed by atoms with Gasteiger partial charge in [-0.05, 0) is 11.4 Å². The molecule has 2 aromatic heterocycles. The highest BCUT2D eigenvalue weighted by molar-refractivity contribution is 7.12. The first-order valence-electron chi connectivity index (χ1n) is 4.68. The topological polar surface area (TPSA) is 92.2 Å². The van der Waals surface area contributed by atoms with Crippen LogP contribution in [0.15, 0.2) is 23.8 Å². The summed E-state index contributed by atoms with van der Waals surface area (Å²) in [6.45, 7) is 0. The van der Waals surface area contributed by atoms with E-state index in [0.29, 0.717) is 9.90 Å². The van der Waals surface area contributed by atoms with Crippen molar-refractivity contribution in [3.8, 4) is 0 Å². The van der Waals surface area contributed by atoms with Gasteiger partial charge in [0.05, 0.1) is 5.02 Å². The van der Waals surface area contributed by atoms with E-state index in [1.54, 1.807) is 11.4 Å². The molecule has 0 saturated carbocycles. The van der Waals surface area contributed by atoms with Gasteiger partial charge in [0, 0.05) is 12.4 Å². The number of amides is 1. The molecule has 2 N–H and O–H groups in total. The summed E-state index contributed by atoms with van der Waals surface area (Å²) in [5, 5.41) is 13.2. The molecule has 0 radical (unpaired) electrons. The van der Waals surface area contributed by atoms with Gasteiger partial charge in [-0.15, -0.1) is 11.3 Å². The number of hydrogen-bond acceptors (Lipinski definition) is 5. The third kappa shape index (κ3) is 2.47. The van der Waals surface area contributed by atoms with Crippen molar-refractivity contribution >= 4 is 40.6 Å². The average molecular weight is 284 g/mol. The van der Waals surface area contributed by atoms with Crippen LogP contribution in [0.5, 0.6) is 0 Å². The summed E-state index contributed by atoms with van der Waals surface area (Å²) in [5.41, 5.74) is -0.321. The standard InChI is InChI=1S/C10H6ClN3O3S/c11-5-1-4-18-7(5)9(15)14-8-6(10(16)17)12-2-3-13-8/h1-4H,(H,16,17)(H,13,14,15). The Balaban J connectivity index is 2.28. The van der Waals surface area contributed by atoms with Gasteiger partial charge < -0.3 is 10.4 Å². The highest BCUT2D eigenvalue weighted by atomic mass is 35.5. The minimum absolute atomic E-state index is 0.112. The molecule has 0 fully saturated rings. The van der Waals surface area contributed by atoms with Crippen LogP contribution in [0.25, 0.3) is 0 Å². The molecule has 92 valence electrons. The first-order valence-corrected chi connectivity index (χ1v) is 5.94. The van der Waals surface area contributed by atoms with Crippen molar-refractivity contribution in [3.05, 3.63) is 39.4 Å². The molecule has 0 bridgehead atoms. The predicted octanol–water partition coefficient (Wildman–Crippen LogP) is 2.14. The lowest BCUT2D eigenvalue weighted by Crippen LogP contribution is -2.16. The van der Waals surface area contributed by atoms with E-state index in [2.05, 4.69) is 15.3 Å². The number of aromatic nitrogens is 2. The van der Waals surface area contributed by atoms with Crippen molar-refractivity contribution in [3.63, 3.8) is 0 Å². The van der Waals surface area contributed by atoms with E-state index in [4.69, 9.17) is 16.7 Å². The van der Waals surface area contributed by atoms with Crippen molar-refractivity contribution in [2.75, 3.05) is 5.32 Å². The van der Waals surface area contributed by atoms with Crippen LogP contribution in [0.1, 0.15) is 20.2 Å². The van der Waals surface area contributed by atoms with Gasteiger partial charge in [0.1, 0.15) is 4.88 Å². The van der Waals surface area contributed by atoms with Gasteiger partial charge in [0.15, 0.2) is 11.5 Å². The van der Waals surface area contributed by atoms with E-state index in [-0.39, 0.29) is 11.5 Å². The number of nitrogens with zero attached hydrogens (tertiary/aromatic N) is 2. The van der Waals surface area contributed by atoms with E-state index < -0.39 is 11.9 Å². The van der Waals surface area contributed by atoms with Crippen molar-refractivity contribution in [2.24, 2.45) is 0 Å². The van der Waals surface area contributed by atoms with E-state index in [1.165, 1.54) is 12.4 Å². The van der Waals surface area contributed by atoms with Crippen LogP contribution in [0.2, 0.25) is 5.02 Å². The zero-order chi connectivity index (χ0) is 13.1.